The molecule has 0 heterocycles. The van der Waals surface area contributed by atoms with Crippen LogP contribution in [0.5, 0.6) is 0 Å². The third-order valence-electron chi connectivity index (χ3n) is 3.11. The Labute approximate surface area is 112 Å². The number of hydrogen-bond acceptors (Lipinski definition) is 3. The number of nitrogens with one attached hydrogen (secondary N) is 2. The van der Waals surface area contributed by atoms with E-state index in [2.05, 4.69) is 10.6 Å². The molecule has 98 valence electrons. The summed E-state index contributed by atoms with van der Waals surface area (Å²) in [7, 11) is 0. The van der Waals surface area contributed by atoms with Crippen molar-refractivity contribution in [2.45, 2.75) is 38.3 Å². The Kier molecular flexibility index (Phi) is 4.09. The standard InChI is InChI=1S/C13H18ClN3O/c1-2-13(18)17-9-3-4-11(14)12(7-9)16-10-5-8(15)6-10/h3-4,7-8,10,16H,2,5-6,15H2,1H3,(H,17,18). The molecule has 0 unspecified atom stereocenters. The van der Waals surface area contributed by atoms with Crippen molar-refractivity contribution in [2.75, 3.05) is 10.6 Å². The van der Waals surface area contributed by atoms with Crippen LogP contribution in [0.4, 0.5) is 11.4 Å². The summed E-state index contributed by atoms with van der Waals surface area (Å²) in [5, 5.41) is 6.82. The van der Waals surface area contributed by atoms with Gasteiger partial charge in [-0.2, -0.15) is 0 Å². The number of halogens is 1. The Morgan fingerprint density at radius 2 is 2.22 bits per heavy atom. The Morgan fingerprint density at radius 1 is 1.50 bits per heavy atom. The first-order valence-electron chi connectivity index (χ1n) is 6.20. The van der Waals surface area contributed by atoms with Crippen LogP contribution in [0, 0.1) is 0 Å². The Hall–Kier alpha value is -1.26. The van der Waals surface area contributed by atoms with E-state index in [1.165, 1.54) is 0 Å². The SMILES string of the molecule is CCC(=O)Nc1ccc(Cl)c(NC2CC(N)C2)c1. The summed E-state index contributed by atoms with van der Waals surface area (Å²) in [4.78, 5) is 11.3. The predicted octanol–water partition coefficient (Wildman–Crippen LogP) is 2.59. The van der Waals surface area contributed by atoms with Crippen molar-refractivity contribution in [2.24, 2.45) is 5.73 Å². The van der Waals surface area contributed by atoms with Crippen molar-refractivity contribution >= 4 is 28.9 Å². The molecule has 1 aromatic rings. The van der Waals surface area contributed by atoms with E-state index in [0.29, 0.717) is 23.5 Å². The second kappa shape index (κ2) is 5.59. The lowest BCUT2D eigenvalue weighted by molar-refractivity contribution is -0.115. The summed E-state index contributed by atoms with van der Waals surface area (Å²) in [6.07, 6.45) is 2.38. The highest BCUT2D eigenvalue weighted by Gasteiger charge is 2.26. The number of benzene rings is 1. The van der Waals surface area contributed by atoms with Crippen LogP contribution in [0.15, 0.2) is 18.2 Å². The van der Waals surface area contributed by atoms with Gasteiger partial charge >= 0.3 is 0 Å². The predicted molar refractivity (Wildman–Crippen MR) is 75.0 cm³/mol. The van der Waals surface area contributed by atoms with E-state index in [4.69, 9.17) is 17.3 Å². The quantitative estimate of drug-likeness (QED) is 0.786. The lowest BCUT2D eigenvalue weighted by Gasteiger charge is -2.34. The van der Waals surface area contributed by atoms with E-state index < -0.39 is 0 Å². The van der Waals surface area contributed by atoms with Gasteiger partial charge in [-0.1, -0.05) is 18.5 Å². The van der Waals surface area contributed by atoms with Crippen molar-refractivity contribution in [3.05, 3.63) is 23.2 Å². The zero-order valence-electron chi connectivity index (χ0n) is 10.4. The molecule has 0 aromatic heterocycles. The molecule has 0 saturated heterocycles. The number of carbonyl (C=O) groups is 1. The highest BCUT2D eigenvalue weighted by molar-refractivity contribution is 6.33. The molecule has 0 aliphatic heterocycles. The normalized spacial score (nSPS) is 22.2. The fourth-order valence-electron chi connectivity index (χ4n) is 1.96. The van der Waals surface area contributed by atoms with Crippen LogP contribution in [0.1, 0.15) is 26.2 Å². The van der Waals surface area contributed by atoms with Gasteiger partial charge in [0.1, 0.15) is 0 Å². The first-order valence-corrected chi connectivity index (χ1v) is 6.57. The minimum Gasteiger partial charge on any atom is -0.381 e. The molecule has 1 aliphatic rings. The molecule has 0 bridgehead atoms. The van der Waals surface area contributed by atoms with E-state index in [1.54, 1.807) is 12.1 Å². The van der Waals surface area contributed by atoms with Gasteiger partial charge in [0.05, 0.1) is 10.7 Å². The number of hydrogen-bond donors (Lipinski definition) is 3. The maximum Gasteiger partial charge on any atom is 0.224 e. The second-order valence-electron chi connectivity index (χ2n) is 4.67. The molecule has 4 nitrogen and oxygen atoms in total. The van der Waals surface area contributed by atoms with Gasteiger partial charge in [0.15, 0.2) is 0 Å². The lowest BCUT2D eigenvalue weighted by atomic mass is 9.87. The number of nitrogens with two attached hydrogens (primary N) is 1. The molecular weight excluding hydrogens is 250 g/mol. The number of anilines is 2. The Balaban J connectivity index is 2.04. The molecule has 5 heteroatoms. The number of amides is 1. The molecular formula is C13H18ClN3O. The van der Waals surface area contributed by atoms with Crippen molar-refractivity contribution in [1.82, 2.24) is 0 Å². The van der Waals surface area contributed by atoms with Gasteiger partial charge in [-0.25, -0.2) is 0 Å². The van der Waals surface area contributed by atoms with Crippen LogP contribution in [0.2, 0.25) is 5.02 Å². The van der Waals surface area contributed by atoms with Crippen molar-refractivity contribution in [3.63, 3.8) is 0 Å². The van der Waals surface area contributed by atoms with Gasteiger partial charge in [-0.05, 0) is 31.0 Å². The maximum atomic E-state index is 11.3. The van der Waals surface area contributed by atoms with Gasteiger partial charge in [-0.3, -0.25) is 4.79 Å². The van der Waals surface area contributed by atoms with Crippen molar-refractivity contribution in [3.8, 4) is 0 Å². The maximum absolute atomic E-state index is 11.3. The highest BCUT2D eigenvalue weighted by Crippen LogP contribution is 2.30. The molecule has 1 amide bonds. The first-order chi connectivity index (χ1) is 8.58. The number of rotatable bonds is 4. The Bertz CT molecular complexity index is 444. The van der Waals surface area contributed by atoms with Gasteiger partial charge in [0.2, 0.25) is 5.91 Å². The third kappa shape index (κ3) is 3.15. The molecule has 1 aromatic carbocycles. The van der Waals surface area contributed by atoms with Crippen molar-refractivity contribution in [1.29, 1.82) is 0 Å². The summed E-state index contributed by atoms with van der Waals surface area (Å²) in [5.41, 5.74) is 7.36. The second-order valence-corrected chi connectivity index (χ2v) is 5.08. The van der Waals surface area contributed by atoms with E-state index >= 15 is 0 Å². The average Bonchev–Trinajstić information content (AvgIpc) is 2.31. The Morgan fingerprint density at radius 3 is 2.83 bits per heavy atom. The van der Waals surface area contributed by atoms with E-state index in [0.717, 1.165) is 24.2 Å². The first kappa shape index (κ1) is 13.2. The molecule has 4 N–H and O–H groups in total. The van der Waals surface area contributed by atoms with E-state index in [-0.39, 0.29) is 5.91 Å². The van der Waals surface area contributed by atoms with Gasteiger partial charge in [0.25, 0.3) is 0 Å². The summed E-state index contributed by atoms with van der Waals surface area (Å²) < 4.78 is 0. The average molecular weight is 268 g/mol. The minimum absolute atomic E-state index is 0.00561. The summed E-state index contributed by atoms with van der Waals surface area (Å²) in [6, 6.07) is 6.13. The summed E-state index contributed by atoms with van der Waals surface area (Å²) in [5.74, 6) is -0.00561. The lowest BCUT2D eigenvalue weighted by Crippen LogP contribution is -2.44. The molecule has 0 radical (unpaired) electrons. The third-order valence-corrected chi connectivity index (χ3v) is 3.43. The molecule has 2 rings (SSSR count). The number of carbonyl (C=O) groups excluding carboxylic acids is 1. The monoisotopic (exact) mass is 267 g/mol. The van der Waals surface area contributed by atoms with Crippen LogP contribution in [-0.2, 0) is 4.79 Å². The fraction of sp³-hybridized carbons (Fsp3) is 0.462. The summed E-state index contributed by atoms with van der Waals surface area (Å²) in [6.45, 7) is 1.82. The van der Waals surface area contributed by atoms with Crippen LogP contribution >= 0.6 is 11.6 Å². The van der Waals surface area contributed by atoms with Crippen molar-refractivity contribution < 1.29 is 4.79 Å². The highest BCUT2D eigenvalue weighted by atomic mass is 35.5. The van der Waals surface area contributed by atoms with E-state index in [9.17, 15) is 4.79 Å². The molecule has 0 spiro atoms. The zero-order valence-corrected chi connectivity index (χ0v) is 11.1. The van der Waals surface area contributed by atoms with Crippen LogP contribution < -0.4 is 16.4 Å². The van der Waals surface area contributed by atoms with Crippen LogP contribution in [0.3, 0.4) is 0 Å². The van der Waals surface area contributed by atoms with Crippen LogP contribution in [0.25, 0.3) is 0 Å². The van der Waals surface area contributed by atoms with Gasteiger partial charge < -0.3 is 16.4 Å². The smallest absolute Gasteiger partial charge is 0.224 e. The molecule has 18 heavy (non-hydrogen) atoms. The fourth-order valence-corrected chi connectivity index (χ4v) is 2.13. The van der Waals surface area contributed by atoms with Gasteiger partial charge in [0, 0.05) is 24.2 Å². The largest absolute Gasteiger partial charge is 0.381 e. The molecule has 1 aliphatic carbocycles. The van der Waals surface area contributed by atoms with Crippen LogP contribution in [-0.4, -0.2) is 18.0 Å². The van der Waals surface area contributed by atoms with Gasteiger partial charge in [-0.15, -0.1) is 0 Å². The summed E-state index contributed by atoms with van der Waals surface area (Å²) >= 11 is 6.12. The zero-order chi connectivity index (χ0) is 13.1. The topological polar surface area (TPSA) is 67.2 Å². The minimum atomic E-state index is -0.00561. The molecule has 1 fully saturated rings. The molecule has 0 atom stereocenters. The molecule has 1 saturated carbocycles. The van der Waals surface area contributed by atoms with E-state index in [1.807, 2.05) is 13.0 Å².